The van der Waals surface area contributed by atoms with Crippen molar-refractivity contribution in [2.75, 3.05) is 0 Å². The highest BCUT2D eigenvalue weighted by molar-refractivity contribution is 8.41. The normalized spacial score (nSPS) is 29.1. The Labute approximate surface area is 260 Å². The highest BCUT2D eigenvalue weighted by Crippen LogP contribution is 2.64. The minimum atomic E-state index is -1.56. The summed E-state index contributed by atoms with van der Waals surface area (Å²) in [6, 6.07) is 0. The molecule has 1 rings (SSSR count). The van der Waals surface area contributed by atoms with Crippen LogP contribution in [0.2, 0.25) is 170 Å². The first-order chi connectivity index (χ1) is 16.2. The second-order valence-electron chi connectivity index (χ2n) is 22.1. The van der Waals surface area contributed by atoms with Crippen LogP contribution < -0.4 is 0 Å². The molecule has 0 aromatic heterocycles. The molecule has 0 spiro atoms. The molecular formula is C26H78Si13. The first-order valence-corrected chi connectivity index (χ1v) is 68.2. The number of hydrogen-bond acceptors (Lipinski definition) is 0. The third-order valence-electron chi connectivity index (χ3n) is 14.7. The molecule has 2 atom stereocenters. The van der Waals surface area contributed by atoms with E-state index in [0.29, 0.717) is 0 Å². The smallest absolute Gasteiger partial charge is 0.0326 e. The third-order valence-corrected chi connectivity index (χ3v) is 416. The number of rotatable bonds is 8. The van der Waals surface area contributed by atoms with Crippen molar-refractivity contribution in [2.45, 2.75) is 170 Å². The van der Waals surface area contributed by atoms with Crippen LogP contribution in [-0.4, -0.2) is 92.4 Å². The van der Waals surface area contributed by atoms with Gasteiger partial charge in [0.25, 0.3) is 0 Å². The van der Waals surface area contributed by atoms with Crippen molar-refractivity contribution >= 4 is 92.4 Å². The Morgan fingerprint density at radius 3 is 0.718 bits per heavy atom. The summed E-state index contributed by atoms with van der Waals surface area (Å²) >= 11 is 0. The molecule has 1 fully saturated rings. The summed E-state index contributed by atoms with van der Waals surface area (Å²) in [6.45, 7) is 76.5. The Morgan fingerprint density at radius 2 is 0.538 bits per heavy atom. The molecule has 0 radical (unpaired) electrons. The summed E-state index contributed by atoms with van der Waals surface area (Å²) in [4.78, 5) is 0. The van der Waals surface area contributed by atoms with E-state index in [1.165, 1.54) is 0 Å². The van der Waals surface area contributed by atoms with Gasteiger partial charge in [-0.1, -0.05) is 170 Å². The van der Waals surface area contributed by atoms with Crippen LogP contribution in [0, 0.1) is 0 Å². The van der Waals surface area contributed by atoms with Gasteiger partial charge >= 0.3 is 0 Å². The molecule has 1 aliphatic heterocycles. The molecule has 13 heteroatoms. The van der Waals surface area contributed by atoms with Gasteiger partial charge in [0, 0.05) is 92.4 Å². The van der Waals surface area contributed by atoms with E-state index in [1.54, 1.807) is 0 Å². The highest BCUT2D eigenvalue weighted by atomic mass is 30.6. The third kappa shape index (κ3) is 4.28. The molecule has 39 heavy (non-hydrogen) atoms. The van der Waals surface area contributed by atoms with Crippen molar-refractivity contribution in [3.63, 3.8) is 0 Å². The summed E-state index contributed by atoms with van der Waals surface area (Å²) in [6.07, 6.45) is -2.90. The van der Waals surface area contributed by atoms with Gasteiger partial charge in [0.1, 0.15) is 0 Å². The summed E-state index contributed by atoms with van der Waals surface area (Å²) in [5, 5.41) is 0. The summed E-state index contributed by atoms with van der Waals surface area (Å²) < 4.78 is 0. The first-order valence-electron chi connectivity index (χ1n) is 16.2. The van der Waals surface area contributed by atoms with Gasteiger partial charge in [0.15, 0.2) is 0 Å². The molecule has 0 nitrogen and oxygen atoms in total. The van der Waals surface area contributed by atoms with E-state index in [0.717, 1.165) is 0 Å². The predicted octanol–water partition coefficient (Wildman–Crippen LogP) is 10.2. The zero-order valence-corrected chi connectivity index (χ0v) is 45.5. The van der Waals surface area contributed by atoms with E-state index in [-0.39, 0.29) is 0 Å². The molecule has 0 bridgehead atoms. The van der Waals surface area contributed by atoms with Gasteiger partial charge in [-0.25, -0.2) is 0 Å². The molecule has 0 unspecified atom stereocenters. The fourth-order valence-electron chi connectivity index (χ4n) is 17.3. The molecule has 1 heterocycles. The van der Waals surface area contributed by atoms with Gasteiger partial charge in [0.2, 0.25) is 0 Å². The van der Waals surface area contributed by atoms with E-state index in [2.05, 4.69) is 170 Å². The Morgan fingerprint density at radius 1 is 0.308 bits per heavy atom. The van der Waals surface area contributed by atoms with Crippen LogP contribution in [0.25, 0.3) is 0 Å². The Balaban J connectivity index is 4.97. The lowest BCUT2D eigenvalue weighted by Crippen LogP contribution is -3.03. The molecule has 0 aromatic carbocycles. The zero-order valence-electron chi connectivity index (χ0n) is 32.5. The van der Waals surface area contributed by atoms with Crippen molar-refractivity contribution in [2.24, 2.45) is 0 Å². The van der Waals surface area contributed by atoms with E-state index in [1.807, 2.05) is 0 Å². The van der Waals surface area contributed by atoms with Gasteiger partial charge in [-0.3, -0.25) is 0 Å². The van der Waals surface area contributed by atoms with Crippen LogP contribution in [0.4, 0.5) is 0 Å². The van der Waals surface area contributed by atoms with E-state index < -0.39 is 92.4 Å². The summed E-state index contributed by atoms with van der Waals surface area (Å²) in [5.41, 5.74) is 0. The quantitative estimate of drug-likeness (QED) is 0.217. The van der Waals surface area contributed by atoms with Gasteiger partial charge in [-0.15, -0.1) is 0 Å². The maximum absolute atomic E-state index is 3.35. The second kappa shape index (κ2) is 9.91. The molecule has 0 amide bonds. The molecule has 0 N–H and O–H groups in total. The fraction of sp³-hybridized carbons (Fsp3) is 1.00. The monoisotopic (exact) mass is 754 g/mol. The lowest BCUT2D eigenvalue weighted by molar-refractivity contribution is 1.73. The lowest BCUT2D eigenvalue weighted by Gasteiger charge is -2.73. The average Bonchev–Trinajstić information content (AvgIpc) is 2.60. The molecule has 0 saturated carbocycles. The van der Waals surface area contributed by atoms with Crippen molar-refractivity contribution < 1.29 is 0 Å². The van der Waals surface area contributed by atoms with Gasteiger partial charge in [-0.05, 0) is 0 Å². The molecule has 1 saturated heterocycles. The van der Waals surface area contributed by atoms with Crippen LogP contribution in [0.1, 0.15) is 0 Å². The van der Waals surface area contributed by atoms with Crippen molar-refractivity contribution in [1.29, 1.82) is 0 Å². The average molecular weight is 756 g/mol. The van der Waals surface area contributed by atoms with Gasteiger partial charge in [-0.2, -0.15) is 0 Å². The SMILES string of the molecule is C[Si](C)(C)[Si]([Si](C)(C)C)([Si](C)(C)C)[Si](C)(C)[Si@]1(C)[Si](C)(C)[Si]([Si](C)(C)C)([Si](C)(C)C)[Si](C)(C)[Si@@]1(C)[Si](C)(C)C. The van der Waals surface area contributed by atoms with Crippen LogP contribution in [0.15, 0.2) is 0 Å². The summed E-state index contributed by atoms with van der Waals surface area (Å²) in [7, 11) is -12.5. The fourth-order valence-corrected chi connectivity index (χ4v) is 852. The largest absolute Gasteiger partial charge is 0.0755 e. The lowest BCUT2D eigenvalue weighted by atomic mass is 11.8. The molecule has 0 aliphatic carbocycles. The number of hydrogen-bond donors (Lipinski definition) is 0. The van der Waals surface area contributed by atoms with Crippen LogP contribution >= 0.6 is 0 Å². The van der Waals surface area contributed by atoms with Gasteiger partial charge < -0.3 is 0 Å². The Hall–Kier alpha value is 2.82. The van der Waals surface area contributed by atoms with Gasteiger partial charge in [0.05, 0.1) is 0 Å². The summed E-state index contributed by atoms with van der Waals surface area (Å²) in [5.74, 6) is 0. The predicted molar refractivity (Wildman–Crippen MR) is 227 cm³/mol. The van der Waals surface area contributed by atoms with Crippen LogP contribution in [0.3, 0.4) is 0 Å². The standard InChI is InChI=1S/C26H78Si13/c1-27(2,3)36(25)33(19,20)39(31(13,14)15,32(16,17)18)35(23,24)37(36,26)34(21,22)38(28(4,5)6,29(7,8)9)30(10,11)12/h1-26H3/t36-,37-/m1/s1. The van der Waals surface area contributed by atoms with E-state index in [9.17, 15) is 0 Å². The molecular weight excluding hydrogens is 677 g/mol. The molecule has 1 aliphatic rings. The highest BCUT2D eigenvalue weighted by Gasteiger charge is 2.92. The minimum Gasteiger partial charge on any atom is -0.0755 e. The minimum absolute atomic E-state index is 1.33. The van der Waals surface area contributed by atoms with Crippen LogP contribution in [-0.2, 0) is 0 Å². The molecule has 234 valence electrons. The maximum atomic E-state index is 3.35. The zero-order chi connectivity index (χ0) is 32.5. The van der Waals surface area contributed by atoms with Crippen molar-refractivity contribution in [3.05, 3.63) is 0 Å². The topological polar surface area (TPSA) is 0 Å². The molecule has 0 aromatic rings. The second-order valence-corrected chi connectivity index (χ2v) is 183. The maximum Gasteiger partial charge on any atom is 0.0326 e. The van der Waals surface area contributed by atoms with E-state index >= 15 is 0 Å². The Kier molecular flexibility index (Phi) is 10.1. The van der Waals surface area contributed by atoms with Crippen molar-refractivity contribution in [3.8, 4) is 0 Å². The van der Waals surface area contributed by atoms with Crippen LogP contribution in [0.5, 0.6) is 0 Å². The van der Waals surface area contributed by atoms with E-state index in [4.69, 9.17) is 0 Å². The first kappa shape index (κ1) is 39.8. The Bertz CT molecular complexity index is 893. The van der Waals surface area contributed by atoms with Crippen molar-refractivity contribution in [1.82, 2.24) is 0 Å².